The van der Waals surface area contributed by atoms with Crippen molar-refractivity contribution in [2.24, 2.45) is 5.73 Å². The molecule has 1 aromatic rings. The average Bonchev–Trinajstić information content (AvgIpc) is 2.82. The second-order valence-electron chi connectivity index (χ2n) is 4.63. The van der Waals surface area contributed by atoms with Gasteiger partial charge in [-0.1, -0.05) is 0 Å². The minimum Gasteiger partial charge on any atom is -0.366 e. The highest BCUT2D eigenvalue weighted by Gasteiger charge is 2.30. The molecule has 5 nitrogen and oxygen atoms in total. The average molecular weight is 224 g/mol. The minimum atomic E-state index is 0.0668. The maximum Gasteiger partial charge on any atom is 0.162 e. The summed E-state index contributed by atoms with van der Waals surface area (Å²) >= 11 is 0. The Hall–Kier alpha value is -0.940. The number of rotatable bonds is 3. The predicted molar refractivity (Wildman–Crippen MR) is 61.0 cm³/mol. The van der Waals surface area contributed by atoms with Gasteiger partial charge in [-0.25, -0.2) is 0 Å². The van der Waals surface area contributed by atoms with Gasteiger partial charge in [-0.05, 0) is 33.6 Å². The standard InChI is InChI=1S/C11H20N4O/c1-7(2)15-8(3)13-14-11(15)10-5-4-9(6-12)16-10/h7,9-10H,4-6,12H2,1-3H3. The molecule has 2 rings (SSSR count). The highest BCUT2D eigenvalue weighted by atomic mass is 16.5. The number of nitrogens with zero attached hydrogens (tertiary/aromatic N) is 3. The van der Waals surface area contributed by atoms with Gasteiger partial charge in [0.25, 0.3) is 0 Å². The third kappa shape index (κ3) is 1.97. The molecule has 5 heteroatoms. The first-order valence-corrected chi connectivity index (χ1v) is 5.90. The van der Waals surface area contributed by atoms with Crippen LogP contribution in [0.1, 0.15) is 50.5 Å². The molecule has 1 aliphatic rings. The zero-order valence-corrected chi connectivity index (χ0v) is 10.2. The van der Waals surface area contributed by atoms with Gasteiger partial charge in [0.05, 0.1) is 6.10 Å². The third-order valence-corrected chi connectivity index (χ3v) is 3.07. The quantitative estimate of drug-likeness (QED) is 0.841. The number of ether oxygens (including phenoxy) is 1. The van der Waals surface area contributed by atoms with Gasteiger partial charge in [-0.2, -0.15) is 0 Å². The lowest BCUT2D eigenvalue weighted by Crippen LogP contribution is -2.20. The molecule has 2 unspecified atom stereocenters. The Morgan fingerprint density at radius 1 is 1.44 bits per heavy atom. The summed E-state index contributed by atoms with van der Waals surface area (Å²) in [6, 6.07) is 0.366. The van der Waals surface area contributed by atoms with Crippen molar-refractivity contribution in [3.8, 4) is 0 Å². The van der Waals surface area contributed by atoms with E-state index in [1.165, 1.54) is 0 Å². The number of hydrogen-bond donors (Lipinski definition) is 1. The molecule has 2 heterocycles. The van der Waals surface area contributed by atoms with Crippen LogP contribution in [-0.2, 0) is 4.74 Å². The molecular weight excluding hydrogens is 204 g/mol. The molecule has 1 saturated heterocycles. The smallest absolute Gasteiger partial charge is 0.162 e. The highest BCUT2D eigenvalue weighted by Crippen LogP contribution is 2.32. The molecule has 16 heavy (non-hydrogen) atoms. The molecule has 0 aromatic carbocycles. The topological polar surface area (TPSA) is 66.0 Å². The van der Waals surface area contributed by atoms with Crippen molar-refractivity contribution < 1.29 is 4.74 Å². The summed E-state index contributed by atoms with van der Waals surface area (Å²) in [5, 5.41) is 8.37. The summed E-state index contributed by atoms with van der Waals surface area (Å²) in [4.78, 5) is 0. The van der Waals surface area contributed by atoms with Gasteiger partial charge < -0.3 is 15.0 Å². The van der Waals surface area contributed by atoms with Crippen molar-refractivity contribution in [3.05, 3.63) is 11.6 Å². The van der Waals surface area contributed by atoms with Crippen LogP contribution >= 0.6 is 0 Å². The van der Waals surface area contributed by atoms with Gasteiger partial charge in [-0.3, -0.25) is 0 Å². The van der Waals surface area contributed by atoms with Gasteiger partial charge in [0.15, 0.2) is 5.82 Å². The molecule has 0 spiro atoms. The maximum absolute atomic E-state index is 5.85. The molecule has 1 aromatic heterocycles. The largest absolute Gasteiger partial charge is 0.366 e. The summed E-state index contributed by atoms with van der Waals surface area (Å²) in [7, 11) is 0. The Balaban J connectivity index is 2.21. The van der Waals surface area contributed by atoms with Crippen LogP contribution in [-0.4, -0.2) is 27.4 Å². The second-order valence-corrected chi connectivity index (χ2v) is 4.63. The molecular formula is C11H20N4O. The summed E-state index contributed by atoms with van der Waals surface area (Å²) < 4.78 is 7.99. The van der Waals surface area contributed by atoms with Gasteiger partial charge in [-0.15, -0.1) is 10.2 Å². The van der Waals surface area contributed by atoms with E-state index in [1.807, 2.05) is 6.92 Å². The van der Waals surface area contributed by atoms with E-state index in [0.29, 0.717) is 12.6 Å². The van der Waals surface area contributed by atoms with Crippen molar-refractivity contribution in [3.63, 3.8) is 0 Å². The molecule has 90 valence electrons. The molecule has 2 N–H and O–H groups in total. The van der Waals surface area contributed by atoms with Crippen LogP contribution < -0.4 is 5.73 Å². The van der Waals surface area contributed by atoms with Crippen LogP contribution in [0.15, 0.2) is 0 Å². The number of hydrogen-bond acceptors (Lipinski definition) is 4. The first kappa shape index (κ1) is 11.5. The zero-order chi connectivity index (χ0) is 11.7. The van der Waals surface area contributed by atoms with E-state index in [9.17, 15) is 0 Å². The van der Waals surface area contributed by atoms with Crippen LogP contribution in [0, 0.1) is 6.92 Å². The normalized spacial score (nSPS) is 25.6. The summed E-state index contributed by atoms with van der Waals surface area (Å²) in [5.41, 5.74) is 5.61. The van der Waals surface area contributed by atoms with E-state index in [0.717, 1.165) is 24.5 Å². The van der Waals surface area contributed by atoms with Crippen molar-refractivity contribution in [2.75, 3.05) is 6.54 Å². The van der Waals surface area contributed by atoms with E-state index in [4.69, 9.17) is 10.5 Å². The number of nitrogens with two attached hydrogens (primary N) is 1. The van der Waals surface area contributed by atoms with E-state index < -0.39 is 0 Å². The minimum absolute atomic E-state index is 0.0668. The maximum atomic E-state index is 5.85. The number of aromatic nitrogens is 3. The molecule has 1 fully saturated rings. The number of aryl methyl sites for hydroxylation is 1. The summed E-state index contributed by atoms with van der Waals surface area (Å²) in [6.45, 7) is 6.83. The van der Waals surface area contributed by atoms with E-state index in [1.54, 1.807) is 0 Å². The Bertz CT molecular complexity index is 361. The highest BCUT2D eigenvalue weighted by molar-refractivity contribution is 5.01. The molecule has 0 amide bonds. The fraction of sp³-hybridized carbons (Fsp3) is 0.818. The lowest BCUT2D eigenvalue weighted by molar-refractivity contribution is 0.0419. The van der Waals surface area contributed by atoms with Crippen LogP contribution in [0.4, 0.5) is 0 Å². The second kappa shape index (κ2) is 4.51. The Morgan fingerprint density at radius 3 is 2.75 bits per heavy atom. The van der Waals surface area contributed by atoms with Gasteiger partial charge in [0.2, 0.25) is 0 Å². The lowest BCUT2D eigenvalue weighted by Gasteiger charge is -2.16. The fourth-order valence-corrected chi connectivity index (χ4v) is 2.31. The lowest BCUT2D eigenvalue weighted by atomic mass is 10.2. The van der Waals surface area contributed by atoms with E-state index in [-0.39, 0.29) is 12.2 Å². The summed E-state index contributed by atoms with van der Waals surface area (Å²) in [6.07, 6.45) is 2.26. The van der Waals surface area contributed by atoms with Gasteiger partial charge in [0.1, 0.15) is 11.9 Å². The van der Waals surface area contributed by atoms with Crippen LogP contribution in [0.3, 0.4) is 0 Å². The molecule has 0 saturated carbocycles. The van der Waals surface area contributed by atoms with Gasteiger partial charge >= 0.3 is 0 Å². The molecule has 1 aliphatic heterocycles. The van der Waals surface area contributed by atoms with Crippen LogP contribution in [0.2, 0.25) is 0 Å². The van der Waals surface area contributed by atoms with Crippen molar-refractivity contribution >= 4 is 0 Å². The summed E-state index contributed by atoms with van der Waals surface area (Å²) in [5.74, 6) is 1.90. The Labute approximate surface area is 96.0 Å². The zero-order valence-electron chi connectivity index (χ0n) is 10.2. The van der Waals surface area contributed by atoms with Gasteiger partial charge in [0, 0.05) is 12.6 Å². The van der Waals surface area contributed by atoms with Crippen molar-refractivity contribution in [2.45, 2.75) is 51.9 Å². The molecule has 2 atom stereocenters. The third-order valence-electron chi connectivity index (χ3n) is 3.07. The van der Waals surface area contributed by atoms with Crippen LogP contribution in [0.25, 0.3) is 0 Å². The molecule has 0 aliphatic carbocycles. The van der Waals surface area contributed by atoms with Crippen molar-refractivity contribution in [1.82, 2.24) is 14.8 Å². The van der Waals surface area contributed by atoms with E-state index >= 15 is 0 Å². The monoisotopic (exact) mass is 224 g/mol. The van der Waals surface area contributed by atoms with Crippen molar-refractivity contribution in [1.29, 1.82) is 0 Å². The predicted octanol–water partition coefficient (Wildman–Crippen LogP) is 1.35. The molecule has 0 bridgehead atoms. The SMILES string of the molecule is Cc1nnc(C2CCC(CN)O2)n1C(C)C. The Morgan fingerprint density at radius 2 is 2.19 bits per heavy atom. The first-order chi connectivity index (χ1) is 7.63. The van der Waals surface area contributed by atoms with E-state index in [2.05, 4.69) is 28.6 Å². The first-order valence-electron chi connectivity index (χ1n) is 5.90. The fourth-order valence-electron chi connectivity index (χ4n) is 2.31. The Kier molecular flexibility index (Phi) is 3.25. The molecule has 0 radical (unpaired) electrons. The van der Waals surface area contributed by atoms with Crippen LogP contribution in [0.5, 0.6) is 0 Å².